The third-order valence-electron chi connectivity index (χ3n) is 3.48. The quantitative estimate of drug-likeness (QED) is 0.898. The first-order valence-electron chi connectivity index (χ1n) is 6.84. The largest absolute Gasteiger partial charge is 0.326 e. The highest BCUT2D eigenvalue weighted by atomic mass is 32.1. The Bertz CT molecular complexity index is 529. The van der Waals surface area contributed by atoms with Crippen LogP contribution in [0, 0.1) is 0 Å². The maximum Gasteiger partial charge on any atom is 0.103 e. The lowest BCUT2D eigenvalue weighted by Gasteiger charge is -2.22. The van der Waals surface area contributed by atoms with Gasteiger partial charge in [-0.15, -0.1) is 11.3 Å². The van der Waals surface area contributed by atoms with Gasteiger partial charge in [0.1, 0.15) is 5.01 Å². The van der Waals surface area contributed by atoms with Gasteiger partial charge in [-0.25, -0.2) is 4.98 Å². The van der Waals surface area contributed by atoms with Crippen LogP contribution < -0.4 is 5.73 Å². The van der Waals surface area contributed by atoms with Gasteiger partial charge in [0.05, 0.1) is 5.69 Å². The van der Waals surface area contributed by atoms with E-state index in [2.05, 4.69) is 51.1 Å². The van der Waals surface area contributed by atoms with E-state index in [9.17, 15) is 0 Å². The number of aromatic nitrogens is 1. The van der Waals surface area contributed by atoms with Crippen molar-refractivity contribution in [3.8, 4) is 0 Å². The van der Waals surface area contributed by atoms with Gasteiger partial charge in [-0.1, -0.05) is 43.7 Å². The lowest BCUT2D eigenvalue weighted by Crippen LogP contribution is -2.18. The van der Waals surface area contributed by atoms with Crippen LogP contribution in [-0.4, -0.2) is 4.98 Å². The van der Waals surface area contributed by atoms with Crippen molar-refractivity contribution in [1.29, 1.82) is 0 Å². The zero-order chi connectivity index (χ0) is 13.9. The van der Waals surface area contributed by atoms with Crippen molar-refractivity contribution < 1.29 is 0 Å². The predicted octanol–water partition coefficient (Wildman–Crippen LogP) is 3.88. The molecule has 1 aromatic heterocycles. The van der Waals surface area contributed by atoms with Gasteiger partial charge in [0.15, 0.2) is 0 Å². The Hall–Kier alpha value is -1.19. The summed E-state index contributed by atoms with van der Waals surface area (Å²) in [5.74, 6) is 0. The van der Waals surface area contributed by atoms with Gasteiger partial charge >= 0.3 is 0 Å². The molecule has 0 fully saturated rings. The molecule has 2 rings (SSSR count). The van der Waals surface area contributed by atoms with Crippen LogP contribution in [0.3, 0.4) is 0 Å². The summed E-state index contributed by atoms with van der Waals surface area (Å²) in [6.07, 6.45) is 2.13. The second-order valence-corrected chi connectivity index (χ2v) is 6.42. The van der Waals surface area contributed by atoms with Crippen LogP contribution in [0.4, 0.5) is 0 Å². The van der Waals surface area contributed by atoms with Crippen molar-refractivity contribution in [1.82, 2.24) is 4.98 Å². The average molecular weight is 274 g/mol. The van der Waals surface area contributed by atoms with Crippen molar-refractivity contribution in [2.75, 3.05) is 0 Å². The van der Waals surface area contributed by atoms with E-state index in [1.165, 1.54) is 21.1 Å². The van der Waals surface area contributed by atoms with Gasteiger partial charge in [0.2, 0.25) is 0 Å². The SMILES string of the molecule is CCCc1nc(C(C)(C)c2ccccc2)sc1CN. The van der Waals surface area contributed by atoms with E-state index in [-0.39, 0.29) is 5.41 Å². The first-order valence-corrected chi connectivity index (χ1v) is 7.66. The van der Waals surface area contributed by atoms with Gasteiger partial charge in [0.25, 0.3) is 0 Å². The molecule has 0 saturated heterocycles. The smallest absolute Gasteiger partial charge is 0.103 e. The first-order chi connectivity index (χ1) is 9.09. The topological polar surface area (TPSA) is 38.9 Å². The molecular weight excluding hydrogens is 252 g/mol. The zero-order valence-corrected chi connectivity index (χ0v) is 12.8. The second kappa shape index (κ2) is 5.85. The molecule has 0 saturated carbocycles. The first kappa shape index (κ1) is 14.2. The van der Waals surface area contributed by atoms with Crippen LogP contribution in [0.25, 0.3) is 0 Å². The molecule has 0 bridgehead atoms. The molecule has 0 aliphatic rings. The zero-order valence-electron chi connectivity index (χ0n) is 11.9. The number of hydrogen-bond acceptors (Lipinski definition) is 3. The molecule has 102 valence electrons. The highest BCUT2D eigenvalue weighted by Crippen LogP contribution is 2.35. The standard InChI is InChI=1S/C16H22N2S/c1-4-8-13-14(11-17)19-15(18-13)16(2,3)12-9-6-5-7-10-12/h5-7,9-10H,4,8,11,17H2,1-3H3. The number of benzene rings is 1. The fourth-order valence-corrected chi connectivity index (χ4v) is 3.33. The second-order valence-electron chi connectivity index (χ2n) is 5.33. The van der Waals surface area contributed by atoms with Crippen molar-refractivity contribution >= 4 is 11.3 Å². The number of nitrogens with two attached hydrogens (primary N) is 1. The van der Waals surface area contributed by atoms with Crippen LogP contribution in [-0.2, 0) is 18.4 Å². The Kier molecular flexibility index (Phi) is 4.38. The van der Waals surface area contributed by atoms with Gasteiger partial charge in [-0.2, -0.15) is 0 Å². The summed E-state index contributed by atoms with van der Waals surface area (Å²) in [6, 6.07) is 10.6. The van der Waals surface area contributed by atoms with Gasteiger partial charge < -0.3 is 5.73 Å². The summed E-state index contributed by atoms with van der Waals surface area (Å²) in [5, 5.41) is 1.17. The molecule has 0 spiro atoms. The lowest BCUT2D eigenvalue weighted by molar-refractivity contribution is 0.631. The number of aryl methyl sites for hydroxylation is 1. The third kappa shape index (κ3) is 2.88. The van der Waals surface area contributed by atoms with E-state index in [4.69, 9.17) is 10.7 Å². The normalized spacial score (nSPS) is 11.8. The van der Waals surface area contributed by atoms with Crippen molar-refractivity contribution in [2.45, 2.75) is 45.6 Å². The van der Waals surface area contributed by atoms with E-state index >= 15 is 0 Å². The number of rotatable bonds is 5. The summed E-state index contributed by atoms with van der Waals surface area (Å²) in [7, 11) is 0. The lowest BCUT2D eigenvalue weighted by atomic mass is 9.85. The average Bonchev–Trinajstić information content (AvgIpc) is 2.84. The molecule has 0 aliphatic carbocycles. The fraction of sp³-hybridized carbons (Fsp3) is 0.438. The highest BCUT2D eigenvalue weighted by molar-refractivity contribution is 7.12. The third-order valence-corrected chi connectivity index (χ3v) is 4.92. The Morgan fingerprint density at radius 1 is 1.21 bits per heavy atom. The number of thiazole rings is 1. The van der Waals surface area contributed by atoms with E-state index < -0.39 is 0 Å². The number of nitrogens with zero attached hydrogens (tertiary/aromatic N) is 1. The minimum Gasteiger partial charge on any atom is -0.326 e. The predicted molar refractivity (Wildman–Crippen MR) is 82.6 cm³/mol. The molecule has 2 aromatic rings. The Labute approximate surface area is 119 Å². The van der Waals surface area contributed by atoms with Crippen LogP contribution in [0.5, 0.6) is 0 Å². The summed E-state index contributed by atoms with van der Waals surface area (Å²) in [5.41, 5.74) is 8.28. The van der Waals surface area contributed by atoms with E-state index in [1.54, 1.807) is 11.3 Å². The minimum absolute atomic E-state index is 0.0537. The summed E-state index contributed by atoms with van der Waals surface area (Å²) in [4.78, 5) is 6.09. The maximum atomic E-state index is 5.85. The summed E-state index contributed by atoms with van der Waals surface area (Å²) in [6.45, 7) is 7.24. The number of hydrogen-bond donors (Lipinski definition) is 1. The van der Waals surface area contributed by atoms with Gasteiger partial charge in [0, 0.05) is 16.8 Å². The fourth-order valence-electron chi connectivity index (χ4n) is 2.22. The molecule has 19 heavy (non-hydrogen) atoms. The molecule has 0 amide bonds. The Morgan fingerprint density at radius 3 is 2.47 bits per heavy atom. The van der Waals surface area contributed by atoms with E-state index in [0.29, 0.717) is 6.54 Å². The van der Waals surface area contributed by atoms with E-state index in [0.717, 1.165) is 12.8 Å². The molecular formula is C16H22N2S. The van der Waals surface area contributed by atoms with Crippen molar-refractivity contribution in [3.05, 3.63) is 51.5 Å². The van der Waals surface area contributed by atoms with Crippen LogP contribution >= 0.6 is 11.3 Å². The van der Waals surface area contributed by atoms with Crippen LogP contribution in [0.1, 0.15) is 48.3 Å². The van der Waals surface area contributed by atoms with Gasteiger partial charge in [-0.3, -0.25) is 0 Å². The highest BCUT2D eigenvalue weighted by Gasteiger charge is 2.27. The van der Waals surface area contributed by atoms with Crippen LogP contribution in [0.2, 0.25) is 0 Å². The molecule has 0 aliphatic heterocycles. The van der Waals surface area contributed by atoms with E-state index in [1.807, 2.05) is 0 Å². The van der Waals surface area contributed by atoms with Gasteiger partial charge in [-0.05, 0) is 25.8 Å². The maximum absolute atomic E-state index is 5.85. The molecule has 3 heteroatoms. The molecule has 0 unspecified atom stereocenters. The Balaban J connectivity index is 2.40. The molecule has 1 aromatic carbocycles. The Morgan fingerprint density at radius 2 is 1.89 bits per heavy atom. The minimum atomic E-state index is -0.0537. The van der Waals surface area contributed by atoms with Crippen molar-refractivity contribution in [3.63, 3.8) is 0 Å². The summed E-state index contributed by atoms with van der Waals surface area (Å²) >= 11 is 1.77. The molecule has 1 heterocycles. The van der Waals surface area contributed by atoms with Crippen molar-refractivity contribution in [2.24, 2.45) is 5.73 Å². The molecule has 2 nitrogen and oxygen atoms in total. The monoisotopic (exact) mass is 274 g/mol. The molecule has 0 radical (unpaired) electrons. The molecule has 0 atom stereocenters. The summed E-state index contributed by atoms with van der Waals surface area (Å²) < 4.78 is 0. The molecule has 2 N–H and O–H groups in total. The van der Waals surface area contributed by atoms with Crippen LogP contribution in [0.15, 0.2) is 30.3 Å².